The van der Waals surface area contributed by atoms with Gasteiger partial charge in [0.15, 0.2) is 0 Å². The first-order valence-corrected chi connectivity index (χ1v) is 7.13. The van der Waals surface area contributed by atoms with Gasteiger partial charge in [-0.3, -0.25) is 4.79 Å². The standard InChI is InChI=1S/C14H18F3N3O3/c15-14(16,17)10-23-9-12(21)19-8-11-2-1-3-18-13(11)20-4-6-22-7-5-20/h1-3H,4-10H2,(H,19,21). The van der Waals surface area contributed by atoms with Crippen molar-refractivity contribution in [3.05, 3.63) is 23.9 Å². The quantitative estimate of drug-likeness (QED) is 0.845. The molecule has 6 nitrogen and oxygen atoms in total. The van der Waals surface area contributed by atoms with Gasteiger partial charge in [-0.15, -0.1) is 0 Å². The zero-order valence-corrected chi connectivity index (χ0v) is 12.4. The summed E-state index contributed by atoms with van der Waals surface area (Å²) in [7, 11) is 0. The van der Waals surface area contributed by atoms with Crippen molar-refractivity contribution in [3.8, 4) is 0 Å². The molecule has 0 aromatic carbocycles. The Morgan fingerprint density at radius 2 is 2.13 bits per heavy atom. The molecule has 0 spiro atoms. The number of amides is 1. The summed E-state index contributed by atoms with van der Waals surface area (Å²) in [5.74, 6) is 0.137. The second kappa shape index (κ2) is 8.11. The fourth-order valence-electron chi connectivity index (χ4n) is 2.13. The SMILES string of the molecule is O=C(COCC(F)(F)F)NCc1cccnc1N1CCOCC1. The molecule has 1 saturated heterocycles. The number of morpholine rings is 1. The van der Waals surface area contributed by atoms with Crippen LogP contribution in [0, 0.1) is 0 Å². The normalized spacial score (nSPS) is 15.5. The van der Waals surface area contributed by atoms with Gasteiger partial charge in [0.1, 0.15) is 19.0 Å². The molecular formula is C14H18F3N3O3. The number of pyridine rings is 1. The second-order valence-electron chi connectivity index (χ2n) is 4.97. The van der Waals surface area contributed by atoms with Gasteiger partial charge in [-0.05, 0) is 6.07 Å². The van der Waals surface area contributed by atoms with E-state index in [1.807, 2.05) is 11.0 Å². The summed E-state index contributed by atoms with van der Waals surface area (Å²) in [6, 6.07) is 3.56. The average Bonchev–Trinajstić information content (AvgIpc) is 2.53. The maximum Gasteiger partial charge on any atom is 0.411 e. The Balaban J connectivity index is 1.84. The lowest BCUT2D eigenvalue weighted by atomic mass is 10.2. The van der Waals surface area contributed by atoms with Gasteiger partial charge in [0, 0.05) is 31.4 Å². The molecule has 0 radical (unpaired) electrons. The minimum Gasteiger partial charge on any atom is -0.378 e. The van der Waals surface area contributed by atoms with Crippen molar-refractivity contribution >= 4 is 11.7 Å². The zero-order chi connectivity index (χ0) is 16.7. The van der Waals surface area contributed by atoms with E-state index in [2.05, 4.69) is 15.0 Å². The molecule has 23 heavy (non-hydrogen) atoms. The van der Waals surface area contributed by atoms with Crippen LogP contribution in [0.1, 0.15) is 5.56 Å². The van der Waals surface area contributed by atoms with E-state index in [0.29, 0.717) is 26.3 Å². The summed E-state index contributed by atoms with van der Waals surface area (Å²) < 4.78 is 45.4. The van der Waals surface area contributed by atoms with Gasteiger partial charge in [0.05, 0.1) is 13.2 Å². The average molecular weight is 333 g/mol. The van der Waals surface area contributed by atoms with Crippen LogP contribution in [0.3, 0.4) is 0 Å². The van der Waals surface area contributed by atoms with Crippen molar-refractivity contribution in [2.45, 2.75) is 12.7 Å². The molecular weight excluding hydrogens is 315 g/mol. The van der Waals surface area contributed by atoms with Crippen LogP contribution < -0.4 is 10.2 Å². The van der Waals surface area contributed by atoms with Crippen LogP contribution in [0.25, 0.3) is 0 Å². The predicted molar refractivity (Wildman–Crippen MR) is 76.0 cm³/mol. The molecule has 128 valence electrons. The molecule has 2 heterocycles. The van der Waals surface area contributed by atoms with Crippen LogP contribution in [-0.4, -0.2) is 56.6 Å². The minimum atomic E-state index is -4.44. The number of ether oxygens (including phenoxy) is 2. The van der Waals surface area contributed by atoms with E-state index < -0.39 is 25.3 Å². The van der Waals surface area contributed by atoms with Crippen molar-refractivity contribution in [1.29, 1.82) is 0 Å². The Hall–Kier alpha value is -1.87. The Kier molecular flexibility index (Phi) is 6.17. The number of hydrogen-bond acceptors (Lipinski definition) is 5. The molecule has 1 fully saturated rings. The van der Waals surface area contributed by atoms with E-state index in [4.69, 9.17) is 4.74 Å². The maximum absolute atomic E-state index is 11.9. The number of carbonyl (C=O) groups is 1. The molecule has 0 saturated carbocycles. The molecule has 1 aromatic heterocycles. The highest BCUT2D eigenvalue weighted by Crippen LogP contribution is 2.18. The van der Waals surface area contributed by atoms with Crippen LogP contribution in [-0.2, 0) is 20.8 Å². The molecule has 1 aliphatic rings. The molecule has 0 bridgehead atoms. The summed E-state index contributed by atoms with van der Waals surface area (Å²) >= 11 is 0. The van der Waals surface area contributed by atoms with Gasteiger partial charge >= 0.3 is 6.18 Å². The summed E-state index contributed by atoms with van der Waals surface area (Å²) in [6.45, 7) is 0.717. The number of aromatic nitrogens is 1. The zero-order valence-electron chi connectivity index (χ0n) is 12.4. The van der Waals surface area contributed by atoms with Crippen LogP contribution in [0.5, 0.6) is 0 Å². The third-order valence-corrected chi connectivity index (χ3v) is 3.15. The first kappa shape index (κ1) is 17.5. The molecule has 0 unspecified atom stereocenters. The minimum absolute atomic E-state index is 0.175. The monoisotopic (exact) mass is 333 g/mol. The molecule has 1 aliphatic heterocycles. The highest BCUT2D eigenvalue weighted by molar-refractivity contribution is 5.77. The molecule has 1 aromatic rings. The highest BCUT2D eigenvalue weighted by Gasteiger charge is 2.27. The van der Waals surface area contributed by atoms with Gasteiger partial charge < -0.3 is 19.7 Å². The molecule has 0 atom stereocenters. The van der Waals surface area contributed by atoms with Crippen LogP contribution in [0.4, 0.5) is 19.0 Å². The first-order chi connectivity index (χ1) is 11.0. The summed E-state index contributed by atoms with van der Waals surface area (Å²) in [6.07, 6.45) is -2.78. The van der Waals surface area contributed by atoms with Crippen molar-refractivity contribution in [2.75, 3.05) is 44.4 Å². The Morgan fingerprint density at radius 1 is 1.39 bits per heavy atom. The second-order valence-corrected chi connectivity index (χ2v) is 4.97. The Labute approximate surface area is 131 Å². The summed E-state index contributed by atoms with van der Waals surface area (Å²) in [5, 5.41) is 2.54. The smallest absolute Gasteiger partial charge is 0.378 e. The van der Waals surface area contributed by atoms with Crippen molar-refractivity contribution in [3.63, 3.8) is 0 Å². The fraction of sp³-hybridized carbons (Fsp3) is 0.571. The van der Waals surface area contributed by atoms with Gasteiger partial charge in [-0.2, -0.15) is 13.2 Å². The first-order valence-electron chi connectivity index (χ1n) is 7.13. The van der Waals surface area contributed by atoms with E-state index in [1.54, 1.807) is 12.3 Å². The Morgan fingerprint density at radius 3 is 2.83 bits per heavy atom. The van der Waals surface area contributed by atoms with Crippen LogP contribution >= 0.6 is 0 Å². The third-order valence-electron chi connectivity index (χ3n) is 3.15. The van der Waals surface area contributed by atoms with E-state index >= 15 is 0 Å². The van der Waals surface area contributed by atoms with Gasteiger partial charge in [0.2, 0.25) is 5.91 Å². The van der Waals surface area contributed by atoms with Gasteiger partial charge in [-0.25, -0.2) is 4.98 Å². The molecule has 0 aliphatic carbocycles. The maximum atomic E-state index is 11.9. The molecule has 9 heteroatoms. The number of anilines is 1. The topological polar surface area (TPSA) is 63.7 Å². The lowest BCUT2D eigenvalue weighted by Crippen LogP contribution is -2.38. The number of carbonyl (C=O) groups excluding carboxylic acids is 1. The lowest BCUT2D eigenvalue weighted by molar-refractivity contribution is -0.175. The van der Waals surface area contributed by atoms with Crippen LogP contribution in [0.15, 0.2) is 18.3 Å². The lowest BCUT2D eigenvalue weighted by Gasteiger charge is -2.29. The predicted octanol–water partition coefficient (Wildman–Crippen LogP) is 1.11. The van der Waals surface area contributed by atoms with E-state index in [-0.39, 0.29) is 6.54 Å². The number of halogens is 3. The fourth-order valence-corrected chi connectivity index (χ4v) is 2.13. The molecule has 1 N–H and O–H groups in total. The largest absolute Gasteiger partial charge is 0.411 e. The molecule has 1 amide bonds. The summed E-state index contributed by atoms with van der Waals surface area (Å²) in [5.41, 5.74) is 0.790. The van der Waals surface area contributed by atoms with Crippen molar-refractivity contribution in [1.82, 2.24) is 10.3 Å². The van der Waals surface area contributed by atoms with Crippen molar-refractivity contribution < 1.29 is 27.4 Å². The number of hydrogen-bond donors (Lipinski definition) is 1. The van der Waals surface area contributed by atoms with E-state index in [0.717, 1.165) is 11.4 Å². The van der Waals surface area contributed by atoms with E-state index in [1.165, 1.54) is 0 Å². The molecule has 2 rings (SSSR count). The van der Waals surface area contributed by atoms with Crippen LogP contribution in [0.2, 0.25) is 0 Å². The van der Waals surface area contributed by atoms with Gasteiger partial charge in [-0.1, -0.05) is 6.07 Å². The number of nitrogens with one attached hydrogen (secondary N) is 1. The summed E-state index contributed by atoms with van der Waals surface area (Å²) in [4.78, 5) is 17.9. The van der Waals surface area contributed by atoms with Gasteiger partial charge in [0.25, 0.3) is 0 Å². The number of alkyl halides is 3. The van der Waals surface area contributed by atoms with E-state index in [9.17, 15) is 18.0 Å². The number of rotatable bonds is 6. The van der Waals surface area contributed by atoms with Crippen molar-refractivity contribution in [2.24, 2.45) is 0 Å². The highest BCUT2D eigenvalue weighted by atomic mass is 19.4. The Bertz CT molecular complexity index is 519. The number of nitrogens with zero attached hydrogens (tertiary/aromatic N) is 2. The third kappa shape index (κ3) is 6.03.